The van der Waals surface area contributed by atoms with Gasteiger partial charge in [0.25, 0.3) is 0 Å². The molecule has 110 valence electrons. The Kier molecular flexibility index (Phi) is 3.68. The first kappa shape index (κ1) is 14.1. The van der Waals surface area contributed by atoms with E-state index in [2.05, 4.69) is 22.3 Å². The molecule has 0 aliphatic carbocycles. The lowest BCUT2D eigenvalue weighted by Crippen LogP contribution is -2.23. The number of rotatable bonds is 3. The highest BCUT2D eigenvalue weighted by Crippen LogP contribution is 2.38. The van der Waals surface area contributed by atoms with E-state index in [4.69, 9.17) is 11.6 Å². The Hall–Kier alpha value is -1.88. The molecule has 0 spiro atoms. The number of nitrogens with one attached hydrogen (secondary N) is 1. The fraction of sp³-hybridized carbons (Fsp3) is 0.400. The van der Waals surface area contributed by atoms with Gasteiger partial charge >= 0.3 is 0 Å². The van der Waals surface area contributed by atoms with Crippen molar-refractivity contribution in [1.29, 1.82) is 0 Å². The Morgan fingerprint density at radius 1 is 1.48 bits per heavy atom. The van der Waals surface area contributed by atoms with Gasteiger partial charge in [-0.15, -0.1) is 0 Å². The Labute approximate surface area is 128 Å². The maximum absolute atomic E-state index is 11.9. The topological polar surface area (TPSA) is 59.8 Å². The van der Waals surface area contributed by atoms with Gasteiger partial charge in [-0.3, -0.25) is 14.5 Å². The second-order valence-electron chi connectivity index (χ2n) is 5.28. The van der Waals surface area contributed by atoms with Gasteiger partial charge in [0, 0.05) is 42.0 Å². The zero-order valence-electron chi connectivity index (χ0n) is 12.1. The minimum absolute atomic E-state index is 0.0228. The maximum atomic E-state index is 11.9. The number of carbonyl (C=O) groups excluding carboxylic acids is 1. The van der Waals surface area contributed by atoms with E-state index in [0.717, 1.165) is 29.9 Å². The number of fused-ring (bicyclic) bond motifs is 1. The van der Waals surface area contributed by atoms with E-state index in [-0.39, 0.29) is 11.8 Å². The van der Waals surface area contributed by atoms with Crippen molar-refractivity contribution >= 4 is 23.3 Å². The summed E-state index contributed by atoms with van der Waals surface area (Å²) in [5, 5.41) is 7.98. The fourth-order valence-corrected chi connectivity index (χ4v) is 2.93. The summed E-state index contributed by atoms with van der Waals surface area (Å²) in [6.45, 7) is 4.99. The molecule has 21 heavy (non-hydrogen) atoms. The van der Waals surface area contributed by atoms with E-state index in [1.807, 2.05) is 23.7 Å². The monoisotopic (exact) mass is 304 g/mol. The SMILES string of the molecule is CCCn1nc2c(c1C)C(c1ccc(Cl)cn1)CC(=O)N2. The molecule has 3 heterocycles. The largest absolute Gasteiger partial charge is 0.309 e. The van der Waals surface area contributed by atoms with Crippen molar-refractivity contribution in [2.75, 3.05) is 5.32 Å². The van der Waals surface area contributed by atoms with Crippen molar-refractivity contribution < 1.29 is 4.79 Å². The van der Waals surface area contributed by atoms with Crippen LogP contribution in [0.2, 0.25) is 5.02 Å². The first-order valence-electron chi connectivity index (χ1n) is 7.08. The molecule has 0 radical (unpaired) electrons. The van der Waals surface area contributed by atoms with E-state index in [1.54, 1.807) is 6.20 Å². The van der Waals surface area contributed by atoms with Gasteiger partial charge in [-0.2, -0.15) is 5.10 Å². The predicted molar refractivity (Wildman–Crippen MR) is 81.6 cm³/mol. The first-order valence-corrected chi connectivity index (χ1v) is 7.46. The van der Waals surface area contributed by atoms with Gasteiger partial charge in [0.15, 0.2) is 5.82 Å². The third-order valence-corrected chi connectivity index (χ3v) is 4.01. The van der Waals surface area contributed by atoms with Crippen molar-refractivity contribution in [1.82, 2.24) is 14.8 Å². The normalized spacial score (nSPS) is 17.5. The lowest BCUT2D eigenvalue weighted by molar-refractivity contribution is -0.116. The number of hydrogen-bond acceptors (Lipinski definition) is 3. The summed E-state index contributed by atoms with van der Waals surface area (Å²) in [6.07, 6.45) is 3.01. The number of aromatic nitrogens is 3. The molecule has 0 saturated heterocycles. The number of halogens is 1. The Balaban J connectivity index is 2.08. The standard InChI is InChI=1S/C15H17ClN4O/c1-3-6-20-9(2)14-11(7-13(21)18-15(14)19-20)12-5-4-10(16)8-17-12/h4-5,8,11H,3,6-7H2,1-2H3,(H,18,19,21). The van der Waals surface area contributed by atoms with Crippen LogP contribution in [0.1, 0.15) is 42.6 Å². The highest BCUT2D eigenvalue weighted by molar-refractivity contribution is 6.30. The van der Waals surface area contributed by atoms with Crippen molar-refractivity contribution in [3.8, 4) is 0 Å². The van der Waals surface area contributed by atoms with Crippen LogP contribution in [-0.2, 0) is 11.3 Å². The fourth-order valence-electron chi connectivity index (χ4n) is 2.82. The molecule has 6 heteroatoms. The molecule has 0 aromatic carbocycles. The first-order chi connectivity index (χ1) is 10.1. The molecule has 1 unspecified atom stereocenters. The highest BCUT2D eigenvalue weighted by atomic mass is 35.5. The molecule has 0 fully saturated rings. The Morgan fingerprint density at radius 2 is 2.29 bits per heavy atom. The smallest absolute Gasteiger partial charge is 0.226 e. The molecule has 1 atom stereocenters. The van der Waals surface area contributed by atoms with Crippen molar-refractivity contribution in [3.05, 3.63) is 40.3 Å². The number of pyridine rings is 1. The van der Waals surface area contributed by atoms with Crippen molar-refractivity contribution in [2.45, 2.75) is 39.2 Å². The molecule has 5 nitrogen and oxygen atoms in total. The van der Waals surface area contributed by atoms with E-state index in [1.165, 1.54) is 0 Å². The van der Waals surface area contributed by atoms with Crippen LogP contribution in [0.4, 0.5) is 5.82 Å². The zero-order valence-corrected chi connectivity index (χ0v) is 12.8. The second kappa shape index (κ2) is 5.48. The number of anilines is 1. The third kappa shape index (κ3) is 2.53. The third-order valence-electron chi connectivity index (χ3n) is 3.79. The van der Waals surface area contributed by atoms with Crippen LogP contribution in [0, 0.1) is 6.92 Å². The van der Waals surface area contributed by atoms with E-state index < -0.39 is 0 Å². The van der Waals surface area contributed by atoms with Gasteiger partial charge in [0.2, 0.25) is 5.91 Å². The molecule has 2 aromatic rings. The molecule has 3 rings (SSSR count). The molecule has 1 amide bonds. The van der Waals surface area contributed by atoms with Gasteiger partial charge in [-0.25, -0.2) is 0 Å². The molecule has 1 aliphatic rings. The van der Waals surface area contributed by atoms with Crippen LogP contribution >= 0.6 is 11.6 Å². The molecule has 1 N–H and O–H groups in total. The summed E-state index contributed by atoms with van der Waals surface area (Å²) < 4.78 is 1.96. The summed E-state index contributed by atoms with van der Waals surface area (Å²) in [5.41, 5.74) is 3.01. The summed E-state index contributed by atoms with van der Waals surface area (Å²) in [6, 6.07) is 3.69. The van der Waals surface area contributed by atoms with Crippen molar-refractivity contribution in [2.24, 2.45) is 0 Å². The van der Waals surface area contributed by atoms with Gasteiger partial charge in [-0.1, -0.05) is 18.5 Å². The van der Waals surface area contributed by atoms with E-state index >= 15 is 0 Å². The number of hydrogen-bond donors (Lipinski definition) is 1. The lowest BCUT2D eigenvalue weighted by Gasteiger charge is -2.22. The summed E-state index contributed by atoms with van der Waals surface area (Å²) in [7, 11) is 0. The summed E-state index contributed by atoms with van der Waals surface area (Å²) in [5.74, 6) is 0.584. The quantitative estimate of drug-likeness (QED) is 0.947. The number of nitrogens with zero attached hydrogens (tertiary/aromatic N) is 3. The Morgan fingerprint density at radius 3 is 2.95 bits per heavy atom. The summed E-state index contributed by atoms with van der Waals surface area (Å²) in [4.78, 5) is 16.3. The molecule has 2 aromatic heterocycles. The van der Waals surface area contributed by atoms with Gasteiger partial charge in [0.1, 0.15) is 0 Å². The number of amides is 1. The average Bonchev–Trinajstić information content (AvgIpc) is 2.76. The molecular weight excluding hydrogens is 288 g/mol. The van der Waals surface area contributed by atoms with Crippen LogP contribution in [0.25, 0.3) is 0 Å². The number of carbonyl (C=O) groups is 1. The van der Waals surface area contributed by atoms with E-state index in [0.29, 0.717) is 17.3 Å². The minimum Gasteiger partial charge on any atom is -0.309 e. The minimum atomic E-state index is -0.0587. The van der Waals surface area contributed by atoms with Crippen LogP contribution in [0.5, 0.6) is 0 Å². The lowest BCUT2D eigenvalue weighted by atomic mass is 9.89. The number of aryl methyl sites for hydroxylation is 1. The van der Waals surface area contributed by atoms with Gasteiger partial charge in [-0.05, 0) is 25.5 Å². The van der Waals surface area contributed by atoms with Crippen LogP contribution in [0.3, 0.4) is 0 Å². The van der Waals surface area contributed by atoms with E-state index in [9.17, 15) is 4.79 Å². The van der Waals surface area contributed by atoms with Crippen LogP contribution < -0.4 is 5.32 Å². The molecular formula is C15H17ClN4O. The second-order valence-corrected chi connectivity index (χ2v) is 5.71. The van der Waals surface area contributed by atoms with Gasteiger partial charge < -0.3 is 5.32 Å². The molecule has 1 aliphatic heterocycles. The maximum Gasteiger partial charge on any atom is 0.226 e. The van der Waals surface area contributed by atoms with Crippen LogP contribution in [-0.4, -0.2) is 20.7 Å². The van der Waals surface area contributed by atoms with Gasteiger partial charge in [0.05, 0.1) is 5.02 Å². The predicted octanol–water partition coefficient (Wildman–Crippen LogP) is 3.12. The zero-order chi connectivity index (χ0) is 15.0. The molecule has 0 saturated carbocycles. The highest BCUT2D eigenvalue weighted by Gasteiger charge is 2.32. The Bertz CT molecular complexity index is 678. The molecule has 0 bridgehead atoms. The van der Waals surface area contributed by atoms with Crippen molar-refractivity contribution in [3.63, 3.8) is 0 Å². The summed E-state index contributed by atoms with van der Waals surface area (Å²) >= 11 is 5.90. The average molecular weight is 305 g/mol. The van der Waals surface area contributed by atoms with Crippen LogP contribution in [0.15, 0.2) is 18.3 Å².